The second-order valence-electron chi connectivity index (χ2n) is 8.67. The number of amides is 3. The summed E-state index contributed by atoms with van der Waals surface area (Å²) in [6.07, 6.45) is 6.27. The number of nitrogens with one attached hydrogen (secondary N) is 2. The monoisotopic (exact) mass is 451 g/mol. The van der Waals surface area contributed by atoms with Crippen molar-refractivity contribution in [2.24, 2.45) is 11.8 Å². The number of nitrogens with zero attached hydrogens (tertiary/aromatic N) is 1. The van der Waals surface area contributed by atoms with E-state index in [1.165, 1.54) is 5.56 Å². The SMILES string of the molecule is CCc1cccc(-c2cccc(C(=O)NCNC(=O)[C@H](CC3CCCC3)CN(O)C=O)c2)c1. The Bertz CT molecular complexity index is 956. The summed E-state index contributed by atoms with van der Waals surface area (Å²) in [7, 11) is 0. The third-order valence-electron chi connectivity index (χ3n) is 6.30. The van der Waals surface area contributed by atoms with Crippen molar-refractivity contribution in [3.63, 3.8) is 0 Å². The van der Waals surface area contributed by atoms with Gasteiger partial charge >= 0.3 is 0 Å². The Kier molecular flexibility index (Phi) is 9.01. The molecule has 176 valence electrons. The molecule has 7 heteroatoms. The lowest BCUT2D eigenvalue weighted by Gasteiger charge is -2.22. The van der Waals surface area contributed by atoms with Gasteiger partial charge in [0.05, 0.1) is 19.1 Å². The lowest BCUT2D eigenvalue weighted by Crippen LogP contribution is -2.43. The van der Waals surface area contributed by atoms with Crippen LogP contribution < -0.4 is 10.6 Å². The lowest BCUT2D eigenvalue weighted by atomic mass is 9.92. The van der Waals surface area contributed by atoms with Crippen LogP contribution in [0.3, 0.4) is 0 Å². The average Bonchev–Trinajstić information content (AvgIpc) is 3.36. The number of carbonyl (C=O) groups is 3. The molecule has 1 atom stereocenters. The average molecular weight is 452 g/mol. The van der Waals surface area contributed by atoms with E-state index >= 15 is 0 Å². The van der Waals surface area contributed by atoms with Crippen LogP contribution in [0.2, 0.25) is 0 Å². The van der Waals surface area contributed by atoms with E-state index in [0.717, 1.165) is 43.2 Å². The molecule has 1 aliphatic rings. The summed E-state index contributed by atoms with van der Waals surface area (Å²) in [4.78, 5) is 36.1. The lowest BCUT2D eigenvalue weighted by molar-refractivity contribution is -0.155. The van der Waals surface area contributed by atoms with Gasteiger partial charge in [0.25, 0.3) is 5.91 Å². The molecule has 0 aliphatic heterocycles. The molecule has 1 aliphatic carbocycles. The quantitative estimate of drug-likeness (QED) is 0.210. The molecule has 33 heavy (non-hydrogen) atoms. The van der Waals surface area contributed by atoms with Gasteiger partial charge in [0.15, 0.2) is 0 Å². The number of rotatable bonds is 11. The van der Waals surface area contributed by atoms with Crippen molar-refractivity contribution in [2.75, 3.05) is 13.2 Å². The van der Waals surface area contributed by atoms with Crippen molar-refractivity contribution in [1.82, 2.24) is 15.7 Å². The summed E-state index contributed by atoms with van der Waals surface area (Å²) in [5.74, 6) is -0.667. The van der Waals surface area contributed by atoms with Crippen LogP contribution in [0.4, 0.5) is 0 Å². The van der Waals surface area contributed by atoms with Gasteiger partial charge in [-0.3, -0.25) is 19.6 Å². The molecular weight excluding hydrogens is 418 g/mol. The molecule has 0 radical (unpaired) electrons. The van der Waals surface area contributed by atoms with E-state index in [9.17, 15) is 19.6 Å². The third kappa shape index (κ3) is 7.15. The van der Waals surface area contributed by atoms with Crippen LogP contribution in [0.15, 0.2) is 48.5 Å². The smallest absolute Gasteiger partial charge is 0.252 e. The molecule has 0 spiro atoms. The van der Waals surface area contributed by atoms with E-state index < -0.39 is 5.92 Å². The maximum absolute atomic E-state index is 12.7. The molecule has 2 aromatic carbocycles. The highest BCUT2D eigenvalue weighted by atomic mass is 16.5. The zero-order valence-corrected chi connectivity index (χ0v) is 19.1. The van der Waals surface area contributed by atoms with Gasteiger partial charge in [-0.1, -0.05) is 69.0 Å². The van der Waals surface area contributed by atoms with E-state index in [-0.39, 0.29) is 25.0 Å². The zero-order chi connectivity index (χ0) is 23.6. The van der Waals surface area contributed by atoms with E-state index in [2.05, 4.69) is 29.7 Å². The minimum atomic E-state index is -0.519. The summed E-state index contributed by atoms with van der Waals surface area (Å²) >= 11 is 0. The highest BCUT2D eigenvalue weighted by Gasteiger charge is 2.26. The standard InChI is InChI=1S/C26H33N3O4/c1-2-19-9-5-10-21(13-19)22-11-6-12-23(15-22)25(31)27-17-28-26(32)24(16-29(33)18-30)14-20-7-3-4-8-20/h5-6,9-13,15,18,20,24,33H,2-4,7-8,14,16-17H2,1H3,(H,27,31)(H,28,32)/t24-/m1/s1. The van der Waals surface area contributed by atoms with Gasteiger partial charge in [0, 0.05) is 5.56 Å². The van der Waals surface area contributed by atoms with Gasteiger partial charge in [-0.15, -0.1) is 0 Å². The van der Waals surface area contributed by atoms with Gasteiger partial charge in [0.2, 0.25) is 12.3 Å². The van der Waals surface area contributed by atoms with Crippen molar-refractivity contribution in [3.8, 4) is 11.1 Å². The Morgan fingerprint density at radius 2 is 1.79 bits per heavy atom. The minimum absolute atomic E-state index is 0.0269. The van der Waals surface area contributed by atoms with Crippen molar-refractivity contribution >= 4 is 18.2 Å². The summed E-state index contributed by atoms with van der Waals surface area (Å²) in [6, 6.07) is 15.6. The molecule has 3 rings (SSSR count). The second kappa shape index (κ2) is 12.2. The van der Waals surface area contributed by atoms with Crippen LogP contribution in [-0.4, -0.2) is 41.7 Å². The first-order valence-corrected chi connectivity index (χ1v) is 11.7. The normalized spacial score (nSPS) is 14.5. The topological polar surface area (TPSA) is 98.7 Å². The first-order chi connectivity index (χ1) is 16.0. The van der Waals surface area contributed by atoms with Crippen LogP contribution in [0, 0.1) is 11.8 Å². The van der Waals surface area contributed by atoms with Crippen LogP contribution >= 0.6 is 0 Å². The first kappa shape index (κ1) is 24.5. The van der Waals surface area contributed by atoms with Crippen LogP contribution in [0.5, 0.6) is 0 Å². The van der Waals surface area contributed by atoms with E-state index in [0.29, 0.717) is 29.4 Å². The maximum Gasteiger partial charge on any atom is 0.252 e. The molecule has 0 bridgehead atoms. The number of benzene rings is 2. The predicted molar refractivity (Wildman–Crippen MR) is 126 cm³/mol. The number of hydrogen-bond donors (Lipinski definition) is 3. The highest BCUT2D eigenvalue weighted by molar-refractivity contribution is 5.95. The molecular formula is C26H33N3O4. The fourth-order valence-corrected chi connectivity index (χ4v) is 4.45. The molecule has 1 fully saturated rings. The second-order valence-corrected chi connectivity index (χ2v) is 8.67. The molecule has 0 aromatic heterocycles. The van der Waals surface area contributed by atoms with Crippen molar-refractivity contribution in [3.05, 3.63) is 59.7 Å². The highest BCUT2D eigenvalue weighted by Crippen LogP contribution is 2.30. The molecule has 2 aromatic rings. The third-order valence-corrected chi connectivity index (χ3v) is 6.30. The number of hydrogen-bond acceptors (Lipinski definition) is 4. The van der Waals surface area contributed by atoms with Gasteiger partial charge < -0.3 is 10.6 Å². The Labute approximate surface area is 195 Å². The van der Waals surface area contributed by atoms with Crippen LogP contribution in [0.25, 0.3) is 11.1 Å². The van der Waals surface area contributed by atoms with Gasteiger partial charge in [0.1, 0.15) is 0 Å². The molecule has 0 heterocycles. The van der Waals surface area contributed by atoms with Crippen molar-refractivity contribution in [1.29, 1.82) is 0 Å². The van der Waals surface area contributed by atoms with E-state index in [1.54, 1.807) is 6.07 Å². The molecule has 3 amide bonds. The largest absolute Gasteiger partial charge is 0.338 e. The first-order valence-electron chi connectivity index (χ1n) is 11.7. The maximum atomic E-state index is 12.7. The molecule has 0 saturated heterocycles. The van der Waals surface area contributed by atoms with Gasteiger partial charge in [-0.05, 0) is 47.6 Å². The number of hydroxylamine groups is 2. The fourth-order valence-electron chi connectivity index (χ4n) is 4.45. The molecule has 7 nitrogen and oxygen atoms in total. The molecule has 1 saturated carbocycles. The Morgan fingerprint density at radius 3 is 2.48 bits per heavy atom. The molecule has 0 unspecified atom stereocenters. The fraction of sp³-hybridized carbons (Fsp3) is 0.423. The van der Waals surface area contributed by atoms with E-state index in [4.69, 9.17) is 0 Å². The number of aryl methyl sites for hydroxylation is 1. The summed E-state index contributed by atoms with van der Waals surface area (Å²) < 4.78 is 0. The van der Waals surface area contributed by atoms with Crippen LogP contribution in [0.1, 0.15) is 54.9 Å². The number of carbonyl (C=O) groups excluding carboxylic acids is 3. The van der Waals surface area contributed by atoms with Gasteiger partial charge in [-0.2, -0.15) is 0 Å². The Morgan fingerprint density at radius 1 is 1.09 bits per heavy atom. The van der Waals surface area contributed by atoms with Crippen LogP contribution in [-0.2, 0) is 16.0 Å². The zero-order valence-electron chi connectivity index (χ0n) is 19.1. The van der Waals surface area contributed by atoms with Gasteiger partial charge in [-0.25, -0.2) is 5.06 Å². The molecule has 3 N–H and O–H groups in total. The minimum Gasteiger partial charge on any atom is -0.338 e. The Balaban J connectivity index is 1.56. The van der Waals surface area contributed by atoms with E-state index in [1.807, 2.05) is 30.3 Å². The summed E-state index contributed by atoms with van der Waals surface area (Å²) in [5.41, 5.74) is 3.74. The Hall–Kier alpha value is -3.19. The predicted octanol–water partition coefficient (Wildman–Crippen LogP) is 3.76. The summed E-state index contributed by atoms with van der Waals surface area (Å²) in [6.45, 7) is 2.02. The summed E-state index contributed by atoms with van der Waals surface area (Å²) in [5, 5.41) is 15.5. The van der Waals surface area contributed by atoms with Crippen molar-refractivity contribution < 1.29 is 19.6 Å². The van der Waals surface area contributed by atoms with Crippen molar-refractivity contribution in [2.45, 2.75) is 45.4 Å².